The van der Waals surface area contributed by atoms with Gasteiger partial charge in [-0.3, -0.25) is 4.98 Å². The molecule has 0 amide bonds. The Morgan fingerprint density at radius 2 is 2.00 bits per heavy atom. The Morgan fingerprint density at radius 3 is 2.50 bits per heavy atom. The molecule has 102 valence electrons. The second kappa shape index (κ2) is 6.71. The van der Waals surface area contributed by atoms with Crippen molar-refractivity contribution in [2.24, 2.45) is 0 Å². The van der Waals surface area contributed by atoms with Crippen molar-refractivity contribution >= 4 is 0 Å². The zero-order valence-corrected chi connectivity index (χ0v) is 11.9. The van der Waals surface area contributed by atoms with Crippen LogP contribution in [0, 0.1) is 13.8 Å². The van der Waals surface area contributed by atoms with Gasteiger partial charge < -0.3 is 14.6 Å². The molecule has 4 heteroatoms. The summed E-state index contributed by atoms with van der Waals surface area (Å²) < 4.78 is 10.6. The number of aliphatic hydroxyl groups excluding tert-OH is 1. The third-order valence-electron chi connectivity index (χ3n) is 3.29. The molecule has 1 aromatic heterocycles. The van der Waals surface area contributed by atoms with Crippen LogP contribution in [0.2, 0.25) is 0 Å². The standard InChI is InChI=1S/C14H23NO3/c1-6-13(17-4)12(16)7-11-10(3)14(18-5)9(2)8-15-11/h8,12-13,16H,6-7H2,1-5H3. The van der Waals surface area contributed by atoms with E-state index in [1.807, 2.05) is 20.8 Å². The Balaban J connectivity index is 2.91. The van der Waals surface area contributed by atoms with Crippen LogP contribution in [0.3, 0.4) is 0 Å². The Kier molecular flexibility index (Phi) is 5.56. The number of pyridine rings is 1. The summed E-state index contributed by atoms with van der Waals surface area (Å²) in [4.78, 5) is 4.38. The summed E-state index contributed by atoms with van der Waals surface area (Å²) >= 11 is 0. The monoisotopic (exact) mass is 253 g/mol. The summed E-state index contributed by atoms with van der Waals surface area (Å²) in [7, 11) is 3.27. The van der Waals surface area contributed by atoms with Crippen molar-refractivity contribution in [1.29, 1.82) is 0 Å². The van der Waals surface area contributed by atoms with Crippen LogP contribution in [0.15, 0.2) is 6.20 Å². The maximum atomic E-state index is 10.1. The molecule has 1 heterocycles. The highest BCUT2D eigenvalue weighted by atomic mass is 16.5. The number of aliphatic hydroxyl groups is 1. The van der Waals surface area contributed by atoms with E-state index in [-0.39, 0.29) is 6.10 Å². The minimum absolute atomic E-state index is 0.154. The van der Waals surface area contributed by atoms with Gasteiger partial charge in [-0.05, 0) is 20.3 Å². The van der Waals surface area contributed by atoms with Crippen molar-refractivity contribution in [2.75, 3.05) is 14.2 Å². The fraction of sp³-hybridized carbons (Fsp3) is 0.643. The number of nitrogens with zero attached hydrogens (tertiary/aromatic N) is 1. The molecule has 0 radical (unpaired) electrons. The molecule has 4 nitrogen and oxygen atoms in total. The molecule has 0 aromatic carbocycles. The van der Waals surface area contributed by atoms with E-state index in [4.69, 9.17) is 9.47 Å². The smallest absolute Gasteiger partial charge is 0.128 e. The number of methoxy groups -OCH3 is 2. The molecule has 2 atom stereocenters. The van der Waals surface area contributed by atoms with E-state index in [1.54, 1.807) is 20.4 Å². The summed E-state index contributed by atoms with van der Waals surface area (Å²) in [5.74, 6) is 0.845. The Hall–Kier alpha value is -1.13. The highest BCUT2D eigenvalue weighted by Gasteiger charge is 2.20. The van der Waals surface area contributed by atoms with Gasteiger partial charge in [0.25, 0.3) is 0 Å². The molecule has 2 unspecified atom stereocenters. The Morgan fingerprint density at radius 1 is 1.33 bits per heavy atom. The van der Waals surface area contributed by atoms with E-state index in [2.05, 4.69) is 4.98 Å². The van der Waals surface area contributed by atoms with Gasteiger partial charge in [0.1, 0.15) is 5.75 Å². The highest BCUT2D eigenvalue weighted by molar-refractivity contribution is 5.41. The molecule has 1 rings (SSSR count). The van der Waals surface area contributed by atoms with Crippen molar-refractivity contribution in [3.63, 3.8) is 0 Å². The molecule has 0 bridgehead atoms. The summed E-state index contributed by atoms with van der Waals surface area (Å²) in [6, 6.07) is 0. The molecule has 0 spiro atoms. The zero-order chi connectivity index (χ0) is 13.7. The van der Waals surface area contributed by atoms with Gasteiger partial charge in [-0.25, -0.2) is 0 Å². The van der Waals surface area contributed by atoms with Crippen molar-refractivity contribution in [2.45, 2.75) is 45.8 Å². The molecule has 0 aliphatic carbocycles. The first kappa shape index (κ1) is 14.9. The summed E-state index contributed by atoms with van der Waals surface area (Å²) in [5.41, 5.74) is 2.86. The van der Waals surface area contributed by atoms with Crippen molar-refractivity contribution < 1.29 is 14.6 Å². The van der Waals surface area contributed by atoms with Gasteiger partial charge in [0.2, 0.25) is 0 Å². The van der Waals surface area contributed by atoms with Crippen LogP contribution in [0.4, 0.5) is 0 Å². The van der Waals surface area contributed by atoms with Crippen LogP contribution in [-0.4, -0.2) is 36.5 Å². The molecule has 0 fully saturated rings. The SMILES string of the molecule is CCC(OC)C(O)Cc1ncc(C)c(OC)c1C. The lowest BCUT2D eigenvalue weighted by molar-refractivity contribution is -0.0133. The Bertz CT molecular complexity index is 389. The number of aryl methyl sites for hydroxylation is 1. The number of hydrogen-bond donors (Lipinski definition) is 1. The predicted octanol–water partition coefficient (Wildman–Crippen LogP) is 2.04. The second-order valence-corrected chi connectivity index (χ2v) is 4.50. The molecule has 1 aromatic rings. The molecule has 0 saturated heterocycles. The van der Waals surface area contributed by atoms with Crippen LogP contribution < -0.4 is 4.74 Å². The van der Waals surface area contributed by atoms with Crippen LogP contribution in [-0.2, 0) is 11.2 Å². The molecular weight excluding hydrogens is 230 g/mol. The Labute approximate surface area is 109 Å². The maximum Gasteiger partial charge on any atom is 0.128 e. The number of aromatic nitrogens is 1. The van der Waals surface area contributed by atoms with Crippen molar-refractivity contribution in [1.82, 2.24) is 4.98 Å². The predicted molar refractivity (Wildman–Crippen MR) is 71.1 cm³/mol. The normalized spacial score (nSPS) is 14.3. The topological polar surface area (TPSA) is 51.6 Å². The zero-order valence-electron chi connectivity index (χ0n) is 11.9. The van der Waals surface area contributed by atoms with E-state index in [9.17, 15) is 5.11 Å². The van der Waals surface area contributed by atoms with E-state index < -0.39 is 6.10 Å². The van der Waals surface area contributed by atoms with Crippen molar-refractivity contribution in [3.8, 4) is 5.75 Å². The van der Waals surface area contributed by atoms with E-state index in [0.717, 1.165) is 29.0 Å². The lowest BCUT2D eigenvalue weighted by Crippen LogP contribution is -2.29. The molecule has 0 aliphatic heterocycles. The molecule has 0 saturated carbocycles. The van der Waals surface area contributed by atoms with Gasteiger partial charge in [-0.15, -0.1) is 0 Å². The molecule has 0 aliphatic rings. The lowest BCUT2D eigenvalue weighted by Gasteiger charge is -2.21. The highest BCUT2D eigenvalue weighted by Crippen LogP contribution is 2.25. The van der Waals surface area contributed by atoms with Crippen LogP contribution in [0.5, 0.6) is 5.75 Å². The first-order valence-electron chi connectivity index (χ1n) is 6.25. The van der Waals surface area contributed by atoms with Gasteiger partial charge >= 0.3 is 0 Å². The third kappa shape index (κ3) is 3.21. The fourth-order valence-corrected chi connectivity index (χ4v) is 2.20. The average molecular weight is 253 g/mol. The number of rotatable bonds is 6. The van der Waals surface area contributed by atoms with E-state index >= 15 is 0 Å². The third-order valence-corrected chi connectivity index (χ3v) is 3.29. The van der Waals surface area contributed by atoms with Crippen molar-refractivity contribution in [3.05, 3.63) is 23.0 Å². The van der Waals surface area contributed by atoms with Gasteiger partial charge in [-0.1, -0.05) is 6.92 Å². The van der Waals surface area contributed by atoms with Gasteiger partial charge in [0.15, 0.2) is 0 Å². The van der Waals surface area contributed by atoms with E-state index in [1.165, 1.54) is 0 Å². The van der Waals surface area contributed by atoms with Crippen LogP contribution >= 0.6 is 0 Å². The van der Waals surface area contributed by atoms with E-state index in [0.29, 0.717) is 6.42 Å². The number of ether oxygens (including phenoxy) is 2. The molecule has 18 heavy (non-hydrogen) atoms. The summed E-state index contributed by atoms with van der Waals surface area (Å²) in [6.45, 7) is 5.92. The maximum absolute atomic E-state index is 10.1. The average Bonchev–Trinajstić information content (AvgIpc) is 2.35. The summed E-state index contributed by atoms with van der Waals surface area (Å²) in [5, 5.41) is 10.1. The lowest BCUT2D eigenvalue weighted by atomic mass is 10.0. The summed E-state index contributed by atoms with van der Waals surface area (Å²) in [6.07, 6.45) is 2.34. The molecular formula is C14H23NO3. The first-order valence-corrected chi connectivity index (χ1v) is 6.25. The van der Waals surface area contributed by atoms with Crippen LogP contribution in [0.1, 0.15) is 30.2 Å². The van der Waals surface area contributed by atoms with Gasteiger partial charge in [0, 0.05) is 36.5 Å². The van der Waals surface area contributed by atoms with Gasteiger partial charge in [0.05, 0.1) is 19.3 Å². The van der Waals surface area contributed by atoms with Gasteiger partial charge in [-0.2, -0.15) is 0 Å². The van der Waals surface area contributed by atoms with Crippen LogP contribution in [0.25, 0.3) is 0 Å². The first-order chi connectivity index (χ1) is 8.54. The molecule has 1 N–H and O–H groups in total. The minimum Gasteiger partial charge on any atom is -0.496 e. The largest absolute Gasteiger partial charge is 0.496 e. The second-order valence-electron chi connectivity index (χ2n) is 4.50. The number of hydrogen-bond acceptors (Lipinski definition) is 4. The fourth-order valence-electron chi connectivity index (χ4n) is 2.20. The minimum atomic E-state index is -0.543. The quantitative estimate of drug-likeness (QED) is 0.843.